The van der Waals surface area contributed by atoms with Crippen molar-refractivity contribution in [2.45, 2.75) is 30.7 Å². The van der Waals surface area contributed by atoms with E-state index in [-0.39, 0.29) is 22.8 Å². The lowest BCUT2D eigenvalue weighted by molar-refractivity contribution is -0.139. The highest BCUT2D eigenvalue weighted by atomic mass is 35.5. The predicted molar refractivity (Wildman–Crippen MR) is 76.4 cm³/mol. The fraction of sp³-hybridized carbons (Fsp3) is 0.333. The van der Waals surface area contributed by atoms with Crippen molar-refractivity contribution in [3.63, 3.8) is 0 Å². The number of sulfonamides is 1. The minimum atomic E-state index is -4.07. The lowest BCUT2D eigenvalue weighted by atomic mass is 10.2. The highest BCUT2D eigenvalue weighted by Crippen LogP contribution is 2.20. The zero-order valence-corrected chi connectivity index (χ0v) is 12.7. The molecule has 1 amide bonds. The molecule has 0 saturated heterocycles. The molecule has 4 N–H and O–H groups in total. The lowest BCUT2D eigenvalue weighted by Crippen LogP contribution is -2.41. The highest BCUT2D eigenvalue weighted by Gasteiger charge is 2.26. The molecule has 1 atom stereocenters. The maximum absolute atomic E-state index is 12.2. The van der Waals surface area contributed by atoms with Gasteiger partial charge < -0.3 is 10.8 Å². The summed E-state index contributed by atoms with van der Waals surface area (Å²) in [5.41, 5.74) is 5.36. The number of nitrogens with two attached hydrogens (primary N) is 1. The average Bonchev–Trinajstić information content (AvgIpc) is 2.36. The summed E-state index contributed by atoms with van der Waals surface area (Å²) in [5.74, 6) is -2.10. The second-order valence-electron chi connectivity index (χ2n) is 4.43. The number of carboxylic acids is 1. The van der Waals surface area contributed by atoms with Gasteiger partial charge in [0.15, 0.2) is 0 Å². The number of hydrogen-bond acceptors (Lipinski definition) is 4. The molecule has 0 aliphatic carbocycles. The number of halogens is 1. The van der Waals surface area contributed by atoms with Gasteiger partial charge in [0, 0.05) is 11.4 Å². The average molecular weight is 335 g/mol. The number of amides is 1. The van der Waals surface area contributed by atoms with Crippen molar-refractivity contribution >= 4 is 33.5 Å². The third kappa shape index (κ3) is 5.00. The van der Waals surface area contributed by atoms with E-state index < -0.39 is 27.9 Å². The fourth-order valence-corrected chi connectivity index (χ4v) is 3.36. The number of benzene rings is 1. The van der Waals surface area contributed by atoms with Crippen LogP contribution in [-0.2, 0) is 19.6 Å². The number of aliphatic carboxylic acids is 1. The smallest absolute Gasteiger partial charge is 0.321 e. The zero-order valence-electron chi connectivity index (χ0n) is 11.2. The molecule has 0 fully saturated rings. The van der Waals surface area contributed by atoms with Crippen molar-refractivity contribution in [1.82, 2.24) is 4.72 Å². The van der Waals surface area contributed by atoms with Crippen molar-refractivity contribution < 1.29 is 23.1 Å². The van der Waals surface area contributed by atoms with Crippen LogP contribution in [0.4, 0.5) is 0 Å². The van der Waals surface area contributed by atoms with Crippen LogP contribution in [0.1, 0.15) is 18.4 Å². The highest BCUT2D eigenvalue weighted by molar-refractivity contribution is 7.89. The molecule has 0 radical (unpaired) electrons. The third-order valence-electron chi connectivity index (χ3n) is 2.71. The SMILES string of the molecule is Cc1ccc(Cl)cc1S(=O)(=O)N[C@@H](CCC(N)=O)C(=O)O. The molecule has 0 unspecified atom stereocenters. The van der Waals surface area contributed by atoms with Gasteiger partial charge in [-0.3, -0.25) is 9.59 Å². The Labute approximate surface area is 127 Å². The van der Waals surface area contributed by atoms with Crippen LogP contribution in [0.25, 0.3) is 0 Å². The summed E-state index contributed by atoms with van der Waals surface area (Å²) in [7, 11) is -4.07. The Morgan fingerprint density at radius 1 is 1.43 bits per heavy atom. The number of nitrogens with one attached hydrogen (secondary N) is 1. The number of aryl methyl sites for hydroxylation is 1. The summed E-state index contributed by atoms with van der Waals surface area (Å²) in [6.45, 7) is 1.56. The Bertz CT molecular complexity index is 660. The molecule has 0 aliphatic heterocycles. The van der Waals surface area contributed by atoms with E-state index in [1.165, 1.54) is 18.2 Å². The van der Waals surface area contributed by atoms with Gasteiger partial charge in [-0.15, -0.1) is 0 Å². The van der Waals surface area contributed by atoms with Crippen LogP contribution in [0, 0.1) is 6.92 Å². The van der Waals surface area contributed by atoms with Gasteiger partial charge >= 0.3 is 5.97 Å². The molecule has 0 heterocycles. The first-order chi connectivity index (χ1) is 9.63. The van der Waals surface area contributed by atoms with Crippen molar-refractivity contribution in [3.05, 3.63) is 28.8 Å². The summed E-state index contributed by atoms with van der Waals surface area (Å²) in [6.07, 6.45) is -0.475. The van der Waals surface area contributed by atoms with Crippen molar-refractivity contribution in [2.24, 2.45) is 5.73 Å². The third-order valence-corrected chi connectivity index (χ3v) is 4.56. The Hall–Kier alpha value is -1.64. The van der Waals surface area contributed by atoms with Crippen molar-refractivity contribution in [1.29, 1.82) is 0 Å². The van der Waals surface area contributed by atoms with E-state index in [9.17, 15) is 18.0 Å². The Morgan fingerprint density at radius 3 is 2.57 bits per heavy atom. The van der Waals surface area contributed by atoms with E-state index in [0.29, 0.717) is 5.56 Å². The first-order valence-electron chi connectivity index (χ1n) is 5.93. The molecule has 0 aliphatic rings. The lowest BCUT2D eigenvalue weighted by Gasteiger charge is -2.15. The first kappa shape index (κ1) is 17.4. The molecule has 9 heteroatoms. The Kier molecular flexibility index (Phi) is 5.70. The number of hydrogen-bond donors (Lipinski definition) is 3. The number of carboxylic acid groups (broad SMARTS) is 1. The van der Waals surface area contributed by atoms with Crippen LogP contribution in [-0.4, -0.2) is 31.4 Å². The van der Waals surface area contributed by atoms with Crippen LogP contribution in [0.5, 0.6) is 0 Å². The molecule has 7 nitrogen and oxygen atoms in total. The molecular formula is C12H15ClN2O5S. The van der Waals surface area contributed by atoms with Gasteiger partial charge in [-0.05, 0) is 31.0 Å². The quantitative estimate of drug-likeness (QED) is 0.674. The second kappa shape index (κ2) is 6.88. The van der Waals surface area contributed by atoms with E-state index in [1.807, 2.05) is 4.72 Å². The molecule has 0 aromatic heterocycles. The maximum atomic E-state index is 12.2. The van der Waals surface area contributed by atoms with Gasteiger partial charge in [0.2, 0.25) is 15.9 Å². The normalized spacial score (nSPS) is 12.9. The number of carbonyl (C=O) groups is 2. The topological polar surface area (TPSA) is 127 Å². The summed E-state index contributed by atoms with van der Waals surface area (Å²) in [4.78, 5) is 21.7. The molecule has 1 aromatic carbocycles. The maximum Gasteiger partial charge on any atom is 0.321 e. The van der Waals surface area contributed by atoms with Gasteiger partial charge in [0.1, 0.15) is 6.04 Å². The molecule has 116 valence electrons. The molecule has 21 heavy (non-hydrogen) atoms. The minimum absolute atomic E-state index is 0.111. The van der Waals surface area contributed by atoms with E-state index >= 15 is 0 Å². The zero-order chi connectivity index (χ0) is 16.2. The van der Waals surface area contributed by atoms with E-state index in [2.05, 4.69) is 0 Å². The van der Waals surface area contributed by atoms with E-state index in [1.54, 1.807) is 6.92 Å². The van der Waals surface area contributed by atoms with Gasteiger partial charge in [0.25, 0.3) is 0 Å². The molecular weight excluding hydrogens is 320 g/mol. The summed E-state index contributed by atoms with van der Waals surface area (Å²) < 4.78 is 26.5. The van der Waals surface area contributed by atoms with Crippen molar-refractivity contribution in [3.8, 4) is 0 Å². The first-order valence-corrected chi connectivity index (χ1v) is 7.79. The predicted octanol–water partition coefficient (Wildman–Crippen LogP) is 0.645. The van der Waals surface area contributed by atoms with E-state index in [0.717, 1.165) is 0 Å². The van der Waals surface area contributed by atoms with Crippen LogP contribution in [0.2, 0.25) is 5.02 Å². The molecule has 0 saturated carbocycles. The fourth-order valence-electron chi connectivity index (χ4n) is 1.63. The standard InChI is InChI=1S/C12H15ClN2O5S/c1-7-2-3-8(13)6-10(7)21(19,20)15-9(12(17)18)4-5-11(14)16/h2-3,6,9,15H,4-5H2,1H3,(H2,14,16)(H,17,18)/t9-/m0/s1. The Morgan fingerprint density at radius 2 is 2.05 bits per heavy atom. The second-order valence-corrected chi connectivity index (χ2v) is 6.55. The van der Waals surface area contributed by atoms with Crippen LogP contribution in [0.15, 0.2) is 23.1 Å². The molecule has 1 aromatic rings. The largest absolute Gasteiger partial charge is 0.480 e. The van der Waals surface area contributed by atoms with Gasteiger partial charge in [-0.2, -0.15) is 4.72 Å². The monoisotopic (exact) mass is 334 g/mol. The molecule has 1 rings (SSSR count). The van der Waals surface area contributed by atoms with Crippen LogP contribution >= 0.6 is 11.6 Å². The summed E-state index contributed by atoms with van der Waals surface area (Å²) in [6, 6.07) is 2.82. The van der Waals surface area contributed by atoms with Gasteiger partial charge in [0.05, 0.1) is 4.90 Å². The van der Waals surface area contributed by atoms with E-state index in [4.69, 9.17) is 22.4 Å². The molecule has 0 bridgehead atoms. The minimum Gasteiger partial charge on any atom is -0.480 e. The number of rotatable bonds is 7. The van der Waals surface area contributed by atoms with Crippen LogP contribution in [0.3, 0.4) is 0 Å². The summed E-state index contributed by atoms with van der Waals surface area (Å²) in [5, 5.41) is 9.23. The number of carbonyl (C=O) groups excluding carboxylic acids is 1. The summed E-state index contributed by atoms with van der Waals surface area (Å²) >= 11 is 5.75. The number of primary amides is 1. The van der Waals surface area contributed by atoms with Crippen LogP contribution < -0.4 is 10.5 Å². The molecule has 0 spiro atoms. The van der Waals surface area contributed by atoms with Gasteiger partial charge in [-0.1, -0.05) is 17.7 Å². The Balaban J connectivity index is 3.03. The van der Waals surface area contributed by atoms with Gasteiger partial charge in [-0.25, -0.2) is 8.42 Å². The van der Waals surface area contributed by atoms with Crippen molar-refractivity contribution in [2.75, 3.05) is 0 Å².